The van der Waals surface area contributed by atoms with Crippen LogP contribution in [-0.4, -0.2) is 143 Å². The SMILES string of the molecule is CC(=O)O[C@H]1C(=O)[C@@]2(C)[C@H]([C@H](OC(=O)c3ccccc3)[C@]3(O)C[C@H](OC(=O)[C@H](OC(=O)OCc4ccc(NC(=O)C(CCCNC(N)=O)NC(=O)C(N)C(C)C)cc4)[C@@H](NC(=O)c4ccccc4)c4ccccc4)C(C)=C1C3(C)C)[C@]1(OC(C)=O)CO[C@@H]1C[C@@H]2O. The third-order valence-corrected chi connectivity index (χ3v) is 17.9. The summed E-state index contributed by atoms with van der Waals surface area (Å²) in [5, 5.41) is 37.1. The van der Waals surface area contributed by atoms with E-state index in [0.29, 0.717) is 5.56 Å². The average molecular weight is 1260 g/mol. The first-order valence-electron chi connectivity index (χ1n) is 29.9. The van der Waals surface area contributed by atoms with Crippen molar-refractivity contribution in [1.29, 1.82) is 0 Å². The van der Waals surface area contributed by atoms with Crippen LogP contribution in [0.25, 0.3) is 0 Å². The second-order valence-electron chi connectivity index (χ2n) is 24.4. The van der Waals surface area contributed by atoms with Gasteiger partial charge in [-0.15, -0.1) is 0 Å². The highest BCUT2D eigenvalue weighted by molar-refractivity contribution is 5.98. The number of rotatable bonds is 22. The van der Waals surface area contributed by atoms with Crippen molar-refractivity contribution in [3.05, 3.63) is 149 Å². The lowest BCUT2D eigenvalue weighted by atomic mass is 9.44. The summed E-state index contributed by atoms with van der Waals surface area (Å²) in [5.41, 5.74) is 3.81. The normalized spacial score (nSPS) is 25.9. The van der Waals surface area contributed by atoms with Gasteiger partial charge in [0.1, 0.15) is 42.6 Å². The molecule has 486 valence electrons. The van der Waals surface area contributed by atoms with Crippen LogP contribution in [0.4, 0.5) is 15.3 Å². The summed E-state index contributed by atoms with van der Waals surface area (Å²) in [6.07, 6.45) is -12.5. The maximum atomic E-state index is 15.9. The lowest BCUT2D eigenvalue weighted by Crippen LogP contribution is -2.82. The zero-order valence-corrected chi connectivity index (χ0v) is 51.8. The Bertz CT molecular complexity index is 3420. The predicted octanol–water partition coefficient (Wildman–Crippen LogP) is 4.95. The molecule has 13 atom stereocenters. The molecule has 1 heterocycles. The first-order chi connectivity index (χ1) is 43.0. The largest absolute Gasteiger partial charge is 0.509 e. The van der Waals surface area contributed by atoms with Gasteiger partial charge in [0.25, 0.3) is 5.91 Å². The van der Waals surface area contributed by atoms with E-state index in [9.17, 15) is 48.6 Å². The standard InChI is InChI=1S/C66H78N6O19/c1-35(2)49(67)58(79)71-44(25-18-30-69-61(68)82)57(78)70-43-28-26-39(27-29-43)33-85-62(83)89-52(50(40-19-12-9-13-20-40)72-56(77)41-21-14-10-15-22-41)60(81)88-45-32-66(84)55(90-59(80)42-23-16-11-17-24-42)53-64(8,46(75)31-47-65(53,34-86-47)91-38(5)74)54(76)51(87-37(4)73)48(36(45)3)63(66,6)7/h9-17,19-24,26-29,35,44-47,49-53,55,75,84H,18,25,30-34,67H2,1-8H3,(H,70,78)(H,71,79)(H,72,77)(H3,68,69,82)/t44?,45-,46-,47+,49?,50-,51+,52+,53-,55-,64+,65-,66+/m0/s1. The Hall–Kier alpha value is -9.04. The number of aliphatic hydroxyl groups excluding tert-OH is 1. The molecule has 25 heteroatoms. The van der Waals surface area contributed by atoms with Gasteiger partial charge in [0.05, 0.1) is 35.6 Å². The lowest BCUT2D eigenvalue weighted by Gasteiger charge is -2.67. The van der Waals surface area contributed by atoms with E-state index < -0.39 is 162 Å². The number of ketones is 1. The Morgan fingerprint density at radius 1 is 0.780 bits per heavy atom. The minimum Gasteiger partial charge on any atom is -0.455 e. The number of ether oxygens (including phenoxy) is 7. The Kier molecular flexibility index (Phi) is 20.9. The molecule has 1 aliphatic heterocycles. The number of aliphatic hydroxyl groups is 2. The molecule has 0 radical (unpaired) electrons. The van der Waals surface area contributed by atoms with Gasteiger partial charge < -0.3 is 76.1 Å². The molecule has 3 fully saturated rings. The van der Waals surface area contributed by atoms with Crippen LogP contribution in [0.3, 0.4) is 0 Å². The van der Waals surface area contributed by atoms with Crippen molar-refractivity contribution >= 4 is 65.3 Å². The van der Waals surface area contributed by atoms with E-state index in [-0.39, 0.29) is 65.2 Å². The zero-order chi connectivity index (χ0) is 66.3. The average Bonchev–Trinajstić information content (AvgIpc) is 0.671. The highest BCUT2D eigenvalue weighted by atomic mass is 16.7. The summed E-state index contributed by atoms with van der Waals surface area (Å²) < 4.78 is 42.5. The summed E-state index contributed by atoms with van der Waals surface area (Å²) >= 11 is 0. The molecule has 10 N–H and O–H groups in total. The van der Waals surface area contributed by atoms with E-state index >= 15 is 9.59 Å². The van der Waals surface area contributed by atoms with Crippen molar-refractivity contribution in [2.75, 3.05) is 18.5 Å². The molecule has 8 rings (SSSR count). The Labute approximate surface area is 525 Å². The number of carbonyl (C=O) groups excluding carboxylic acids is 10. The molecule has 4 aromatic rings. The number of benzene rings is 4. The van der Waals surface area contributed by atoms with E-state index in [2.05, 4.69) is 21.3 Å². The molecule has 5 amide bonds. The van der Waals surface area contributed by atoms with E-state index in [4.69, 9.17) is 44.6 Å². The van der Waals surface area contributed by atoms with Gasteiger partial charge in [0, 0.05) is 49.9 Å². The van der Waals surface area contributed by atoms with Crippen LogP contribution in [0.2, 0.25) is 0 Å². The molecule has 91 heavy (non-hydrogen) atoms. The van der Waals surface area contributed by atoms with Crippen LogP contribution < -0.4 is 32.7 Å². The second kappa shape index (κ2) is 28.0. The number of fused-ring (bicyclic) bond motifs is 5. The lowest BCUT2D eigenvalue weighted by molar-refractivity contribution is -0.346. The number of anilines is 1. The van der Waals surface area contributed by atoms with Crippen LogP contribution in [-0.2, 0) is 68.5 Å². The molecule has 0 aromatic heterocycles. The molecule has 2 unspecified atom stereocenters. The van der Waals surface area contributed by atoms with Crippen LogP contribution in [0.15, 0.2) is 126 Å². The Morgan fingerprint density at radius 2 is 1.40 bits per heavy atom. The maximum Gasteiger partial charge on any atom is 0.509 e. The third kappa shape index (κ3) is 14.3. The van der Waals surface area contributed by atoms with Crippen molar-refractivity contribution in [2.24, 2.45) is 34.1 Å². The van der Waals surface area contributed by atoms with Gasteiger partial charge >= 0.3 is 36.1 Å². The minimum absolute atomic E-state index is 0.00399. The summed E-state index contributed by atoms with van der Waals surface area (Å²) in [6, 6.07) is 25.3. The fourth-order valence-electron chi connectivity index (χ4n) is 12.8. The van der Waals surface area contributed by atoms with E-state index in [0.717, 1.165) is 13.8 Å². The van der Waals surface area contributed by atoms with Crippen LogP contribution >= 0.6 is 0 Å². The first-order valence-corrected chi connectivity index (χ1v) is 29.9. The van der Waals surface area contributed by atoms with Gasteiger partial charge in [-0.25, -0.2) is 19.2 Å². The van der Waals surface area contributed by atoms with E-state index in [1.807, 2.05) is 0 Å². The fourth-order valence-corrected chi connectivity index (χ4v) is 12.8. The van der Waals surface area contributed by atoms with Crippen LogP contribution in [0.1, 0.15) is 119 Å². The van der Waals surface area contributed by atoms with Crippen molar-refractivity contribution in [3.8, 4) is 0 Å². The Morgan fingerprint density at radius 3 is 1.97 bits per heavy atom. The van der Waals surface area contributed by atoms with E-state index in [1.165, 1.54) is 76.2 Å². The van der Waals surface area contributed by atoms with Crippen molar-refractivity contribution in [3.63, 3.8) is 0 Å². The molecular weight excluding hydrogens is 1180 g/mol. The number of amides is 5. The number of hydrogen-bond donors (Lipinski definition) is 8. The molecule has 3 aliphatic carbocycles. The molecular formula is C66H78N6O19. The van der Waals surface area contributed by atoms with Crippen LogP contribution in [0.5, 0.6) is 0 Å². The minimum atomic E-state index is -2.55. The molecule has 2 bridgehead atoms. The monoisotopic (exact) mass is 1260 g/mol. The number of hydrogen-bond acceptors (Lipinski definition) is 20. The van der Waals surface area contributed by atoms with Gasteiger partial charge in [-0.05, 0) is 91.3 Å². The molecule has 4 aliphatic rings. The summed E-state index contributed by atoms with van der Waals surface area (Å²) in [6.45, 7) is 10.8. The van der Waals surface area contributed by atoms with Gasteiger partial charge in [-0.1, -0.05) is 107 Å². The van der Waals surface area contributed by atoms with Gasteiger partial charge in [0.2, 0.25) is 17.9 Å². The number of esters is 4. The Balaban J connectivity index is 1.16. The van der Waals surface area contributed by atoms with Crippen molar-refractivity contribution in [1.82, 2.24) is 16.0 Å². The highest BCUT2D eigenvalue weighted by Crippen LogP contribution is 2.64. The number of Topliss-reactive ketones (excluding diaryl/α,β-unsaturated/α-hetero) is 1. The molecule has 0 spiro atoms. The number of carbonyl (C=O) groups is 10. The molecule has 2 saturated carbocycles. The molecule has 4 aromatic carbocycles. The smallest absolute Gasteiger partial charge is 0.455 e. The second-order valence-corrected chi connectivity index (χ2v) is 24.4. The van der Waals surface area contributed by atoms with E-state index in [1.54, 1.807) is 80.6 Å². The highest BCUT2D eigenvalue weighted by Gasteiger charge is 2.78. The summed E-state index contributed by atoms with van der Waals surface area (Å²) in [4.78, 5) is 139. The third-order valence-electron chi connectivity index (χ3n) is 17.9. The van der Waals surface area contributed by atoms with Crippen molar-refractivity contribution in [2.45, 2.75) is 154 Å². The van der Waals surface area contributed by atoms with Crippen molar-refractivity contribution < 1.29 is 91.3 Å². The van der Waals surface area contributed by atoms with Gasteiger partial charge in [-0.2, -0.15) is 0 Å². The number of nitrogens with one attached hydrogen (secondary N) is 4. The fraction of sp³-hybridized carbons (Fsp3) is 0.455. The molecule has 25 nitrogen and oxygen atoms in total. The number of nitrogens with two attached hydrogens (primary N) is 2. The van der Waals surface area contributed by atoms with Gasteiger partial charge in [0.15, 0.2) is 17.5 Å². The maximum absolute atomic E-state index is 15.9. The topological polar surface area (TPSA) is 376 Å². The van der Waals surface area contributed by atoms with Crippen LogP contribution in [0, 0.1) is 22.7 Å². The van der Waals surface area contributed by atoms with Gasteiger partial charge in [-0.3, -0.25) is 28.8 Å². The predicted molar refractivity (Wildman–Crippen MR) is 323 cm³/mol. The summed E-state index contributed by atoms with van der Waals surface area (Å²) in [7, 11) is 0. The zero-order valence-electron chi connectivity index (χ0n) is 51.8. The quantitative estimate of drug-likeness (QED) is 0.0223. The summed E-state index contributed by atoms with van der Waals surface area (Å²) in [5.74, 6) is -8.88. The number of primary amides is 1. The first kappa shape index (κ1) is 67.9. The molecule has 1 saturated heterocycles. The number of urea groups is 1.